The van der Waals surface area contributed by atoms with Crippen molar-refractivity contribution in [1.29, 1.82) is 0 Å². The minimum absolute atomic E-state index is 0.0953. The number of carboxylic acid groups (broad SMARTS) is 1. The van der Waals surface area contributed by atoms with Crippen LogP contribution in [-0.2, 0) is 11.2 Å². The lowest BCUT2D eigenvalue weighted by molar-refractivity contribution is -0.254. The Kier molecular flexibility index (Phi) is 5.26. The predicted octanol–water partition coefficient (Wildman–Crippen LogP) is 2.40. The van der Waals surface area contributed by atoms with E-state index in [-0.39, 0.29) is 29.3 Å². The third kappa shape index (κ3) is 3.84. The minimum atomic E-state index is -1.42. The van der Waals surface area contributed by atoms with E-state index < -0.39 is 5.97 Å². The number of amides is 1. The van der Waals surface area contributed by atoms with E-state index in [9.17, 15) is 14.7 Å². The lowest BCUT2D eigenvalue weighted by Gasteiger charge is -2.16. The topological polar surface area (TPSA) is 87.7 Å². The molecule has 0 aliphatic heterocycles. The van der Waals surface area contributed by atoms with Crippen molar-refractivity contribution in [3.63, 3.8) is 0 Å². The van der Waals surface area contributed by atoms with E-state index >= 15 is 0 Å². The van der Waals surface area contributed by atoms with E-state index in [0.29, 0.717) is 5.75 Å². The van der Waals surface area contributed by atoms with Crippen LogP contribution >= 0.6 is 0 Å². The van der Waals surface area contributed by atoms with E-state index in [1.807, 2.05) is 42.5 Å². The van der Waals surface area contributed by atoms with Gasteiger partial charge in [0.2, 0.25) is 5.91 Å². The molecule has 6 nitrogen and oxygen atoms in total. The van der Waals surface area contributed by atoms with Crippen molar-refractivity contribution in [1.82, 2.24) is 0 Å². The number of nitrogens with one attached hydrogen (secondary N) is 1. The molecule has 3 aromatic rings. The number of carbonyl (C=O) groups excluding carboxylic acids is 2. The summed E-state index contributed by atoms with van der Waals surface area (Å²) in [5, 5.41) is 16.1. The molecule has 0 spiro atoms. The molecule has 0 aliphatic rings. The highest BCUT2D eigenvalue weighted by atomic mass is 16.5. The van der Waals surface area contributed by atoms with Gasteiger partial charge in [0.25, 0.3) is 0 Å². The number of carbonyl (C=O) groups is 2. The van der Waals surface area contributed by atoms with Gasteiger partial charge in [-0.25, -0.2) is 0 Å². The molecule has 0 radical (unpaired) electrons. The summed E-state index contributed by atoms with van der Waals surface area (Å²) in [6.45, 7) is 0. The summed E-state index contributed by atoms with van der Waals surface area (Å²) in [6, 6.07) is 16.2. The fourth-order valence-electron chi connectivity index (χ4n) is 2.97. The van der Waals surface area contributed by atoms with Crippen molar-refractivity contribution in [2.45, 2.75) is 6.42 Å². The molecule has 0 bridgehead atoms. The summed E-state index contributed by atoms with van der Waals surface area (Å²) in [6.07, 6.45) is 0.0994. The Morgan fingerprint density at radius 1 is 0.963 bits per heavy atom. The average Bonchev–Trinajstić information content (AvgIpc) is 2.67. The monoisotopic (exact) mass is 364 g/mol. The number of hydrogen-bond acceptors (Lipinski definition) is 5. The summed E-state index contributed by atoms with van der Waals surface area (Å²) in [5.74, 6) is -1.22. The normalized spacial score (nSPS) is 10.4. The van der Waals surface area contributed by atoms with Gasteiger partial charge in [0.15, 0.2) is 11.5 Å². The number of methoxy groups -OCH3 is 2. The maximum Gasteiger partial charge on any atom is 0.228 e. The summed E-state index contributed by atoms with van der Waals surface area (Å²) in [7, 11) is 2.83. The van der Waals surface area contributed by atoms with Crippen LogP contribution in [0.5, 0.6) is 11.5 Å². The van der Waals surface area contributed by atoms with Crippen molar-refractivity contribution in [3.05, 3.63) is 65.7 Å². The number of anilines is 1. The molecule has 1 N–H and O–H groups in total. The van der Waals surface area contributed by atoms with Crippen molar-refractivity contribution < 1.29 is 24.2 Å². The Morgan fingerprint density at radius 2 is 1.63 bits per heavy atom. The lowest BCUT2D eigenvalue weighted by atomic mass is 10.0. The van der Waals surface area contributed by atoms with E-state index in [0.717, 1.165) is 16.3 Å². The SMILES string of the molecule is COc1cc(NC(=O)Cc2cccc3ccccc23)c(C(=O)[O-])cc1OC. The van der Waals surface area contributed by atoms with Crippen LogP contribution in [0.2, 0.25) is 0 Å². The number of benzene rings is 3. The second kappa shape index (κ2) is 7.78. The Morgan fingerprint density at radius 3 is 2.33 bits per heavy atom. The average molecular weight is 364 g/mol. The number of carboxylic acids is 1. The number of rotatable bonds is 6. The standard InChI is InChI=1S/C21H19NO5/c1-26-18-11-16(21(24)25)17(12-19(18)27-2)22-20(23)10-14-8-5-7-13-6-3-4-9-15(13)14/h3-9,11-12H,10H2,1-2H3,(H,22,23)(H,24,25)/p-1. The number of hydrogen-bond donors (Lipinski definition) is 1. The van der Waals surface area contributed by atoms with Gasteiger partial charge >= 0.3 is 0 Å². The van der Waals surface area contributed by atoms with Gasteiger partial charge < -0.3 is 24.7 Å². The van der Waals surface area contributed by atoms with E-state index in [1.165, 1.54) is 26.4 Å². The van der Waals surface area contributed by atoms with Gasteiger partial charge in [0, 0.05) is 11.6 Å². The van der Waals surface area contributed by atoms with Crippen molar-refractivity contribution in [2.24, 2.45) is 0 Å². The molecule has 6 heteroatoms. The fourth-order valence-corrected chi connectivity index (χ4v) is 2.97. The van der Waals surface area contributed by atoms with E-state index in [1.54, 1.807) is 0 Å². The quantitative estimate of drug-likeness (QED) is 0.726. The molecule has 0 aliphatic carbocycles. The first-order valence-corrected chi connectivity index (χ1v) is 8.27. The zero-order chi connectivity index (χ0) is 19.4. The molecule has 1 amide bonds. The maximum absolute atomic E-state index is 12.6. The molecule has 0 saturated carbocycles. The predicted molar refractivity (Wildman–Crippen MR) is 100 cm³/mol. The molecule has 3 rings (SSSR count). The molecule has 138 valence electrons. The van der Waals surface area contributed by atoms with Crippen LogP contribution in [0.1, 0.15) is 15.9 Å². The van der Waals surface area contributed by atoms with Crippen LogP contribution in [0.3, 0.4) is 0 Å². The largest absolute Gasteiger partial charge is 0.545 e. The highest BCUT2D eigenvalue weighted by Crippen LogP contribution is 2.33. The van der Waals surface area contributed by atoms with Crippen LogP contribution < -0.4 is 19.9 Å². The van der Waals surface area contributed by atoms with Gasteiger partial charge in [-0.05, 0) is 22.4 Å². The van der Waals surface area contributed by atoms with Gasteiger partial charge in [0.05, 0.1) is 32.3 Å². The first kappa shape index (κ1) is 18.3. The Balaban J connectivity index is 1.90. The Hall–Kier alpha value is -3.54. The van der Waals surface area contributed by atoms with Crippen molar-refractivity contribution in [3.8, 4) is 11.5 Å². The maximum atomic E-state index is 12.6. The molecule has 27 heavy (non-hydrogen) atoms. The lowest BCUT2D eigenvalue weighted by Crippen LogP contribution is -2.25. The van der Waals surface area contributed by atoms with Gasteiger partial charge in [-0.1, -0.05) is 42.5 Å². The molecule has 3 aromatic carbocycles. The molecule has 0 heterocycles. The third-order valence-corrected chi connectivity index (χ3v) is 4.25. The smallest absolute Gasteiger partial charge is 0.228 e. The zero-order valence-corrected chi connectivity index (χ0v) is 14.9. The third-order valence-electron chi connectivity index (χ3n) is 4.25. The van der Waals surface area contributed by atoms with Crippen molar-refractivity contribution in [2.75, 3.05) is 19.5 Å². The molecule has 0 aromatic heterocycles. The molecule has 0 atom stereocenters. The highest BCUT2D eigenvalue weighted by Gasteiger charge is 2.15. The summed E-state index contributed by atoms with van der Waals surface area (Å²) < 4.78 is 10.3. The number of aromatic carboxylic acids is 1. The summed E-state index contributed by atoms with van der Waals surface area (Å²) in [4.78, 5) is 24.0. The van der Waals surface area contributed by atoms with Crippen LogP contribution in [-0.4, -0.2) is 26.1 Å². The number of fused-ring (bicyclic) bond motifs is 1. The molecule has 0 fully saturated rings. The van der Waals surface area contributed by atoms with E-state index in [4.69, 9.17) is 9.47 Å². The first-order chi connectivity index (χ1) is 13.0. The van der Waals surface area contributed by atoms with Crippen LogP contribution in [0.4, 0.5) is 5.69 Å². The molecular formula is C21H18NO5-. The second-order valence-electron chi connectivity index (χ2n) is 5.90. The van der Waals surface area contributed by atoms with Gasteiger partial charge in [-0.2, -0.15) is 0 Å². The molecule has 0 unspecified atom stereocenters. The summed E-state index contributed by atoms with van der Waals surface area (Å²) >= 11 is 0. The van der Waals surface area contributed by atoms with Gasteiger partial charge in [-0.15, -0.1) is 0 Å². The van der Waals surface area contributed by atoms with Gasteiger partial charge in [0.1, 0.15) is 0 Å². The molecule has 0 saturated heterocycles. The van der Waals surface area contributed by atoms with Crippen molar-refractivity contribution >= 4 is 28.3 Å². The Labute approximate surface area is 156 Å². The molecular weight excluding hydrogens is 346 g/mol. The van der Waals surface area contributed by atoms with E-state index in [2.05, 4.69) is 5.32 Å². The minimum Gasteiger partial charge on any atom is -0.545 e. The zero-order valence-electron chi connectivity index (χ0n) is 14.9. The first-order valence-electron chi connectivity index (χ1n) is 8.27. The highest BCUT2D eigenvalue weighted by molar-refractivity contribution is 6.02. The second-order valence-corrected chi connectivity index (χ2v) is 5.90. The van der Waals surface area contributed by atoms with Gasteiger partial charge in [-0.3, -0.25) is 4.79 Å². The van der Waals surface area contributed by atoms with Crippen LogP contribution in [0, 0.1) is 0 Å². The number of ether oxygens (including phenoxy) is 2. The van der Waals surface area contributed by atoms with Crippen LogP contribution in [0.25, 0.3) is 10.8 Å². The fraction of sp³-hybridized carbons (Fsp3) is 0.143. The van der Waals surface area contributed by atoms with Crippen LogP contribution in [0.15, 0.2) is 54.6 Å². The Bertz CT molecular complexity index is 1010. The summed E-state index contributed by atoms with van der Waals surface area (Å²) in [5.41, 5.74) is 0.762.